The number of thioether (sulfide) groups is 1. The third-order valence-electron chi connectivity index (χ3n) is 3.18. The Balaban J connectivity index is 1.93. The van der Waals surface area contributed by atoms with E-state index >= 15 is 0 Å². The second kappa shape index (κ2) is 5.98. The van der Waals surface area contributed by atoms with Crippen molar-refractivity contribution in [3.05, 3.63) is 64.6 Å². The number of amides is 1. The van der Waals surface area contributed by atoms with Crippen LogP contribution in [-0.2, 0) is 4.79 Å². The number of hydrogen-bond acceptors (Lipinski definition) is 4. The first-order valence-electron chi connectivity index (χ1n) is 6.50. The number of carbonyl (C=O) groups excluding carboxylic acids is 1. The summed E-state index contributed by atoms with van der Waals surface area (Å²) >= 11 is 6.51. The van der Waals surface area contributed by atoms with Crippen LogP contribution >= 0.6 is 24.0 Å². The lowest BCUT2D eigenvalue weighted by molar-refractivity contribution is -0.113. The first-order valence-corrected chi connectivity index (χ1v) is 7.73. The summed E-state index contributed by atoms with van der Waals surface area (Å²) in [6.07, 6.45) is 4.95. The molecule has 1 amide bonds. The highest BCUT2D eigenvalue weighted by atomic mass is 32.2. The minimum absolute atomic E-state index is 0.190. The standard InChI is InChI=1S/C16H11FN2OS2/c1-10-7-11(4-5-13(10)17)8-14-15(20)19(16(21)22-14)12-3-2-6-18-9-12/h2-9H,1H3. The van der Waals surface area contributed by atoms with E-state index in [2.05, 4.69) is 4.98 Å². The molecule has 3 nitrogen and oxygen atoms in total. The molecule has 3 rings (SSSR count). The number of nitrogens with zero attached hydrogens (tertiary/aromatic N) is 2. The molecule has 22 heavy (non-hydrogen) atoms. The smallest absolute Gasteiger partial charge is 0.268 e. The predicted molar refractivity (Wildman–Crippen MR) is 91.0 cm³/mol. The molecule has 2 aromatic rings. The summed E-state index contributed by atoms with van der Waals surface area (Å²) in [7, 11) is 0. The molecule has 0 radical (unpaired) electrons. The van der Waals surface area contributed by atoms with Gasteiger partial charge in [0.2, 0.25) is 0 Å². The minimum atomic E-state index is -0.264. The third-order valence-corrected chi connectivity index (χ3v) is 4.48. The summed E-state index contributed by atoms with van der Waals surface area (Å²) in [6, 6.07) is 8.26. The van der Waals surface area contributed by atoms with E-state index in [0.29, 0.717) is 20.5 Å². The van der Waals surface area contributed by atoms with Crippen LogP contribution < -0.4 is 4.90 Å². The van der Waals surface area contributed by atoms with Gasteiger partial charge in [-0.05, 0) is 48.4 Å². The number of benzene rings is 1. The van der Waals surface area contributed by atoms with E-state index in [1.165, 1.54) is 22.7 Å². The van der Waals surface area contributed by atoms with Gasteiger partial charge >= 0.3 is 0 Å². The Morgan fingerprint density at radius 3 is 2.86 bits per heavy atom. The highest BCUT2D eigenvalue weighted by Gasteiger charge is 2.33. The van der Waals surface area contributed by atoms with Crippen molar-refractivity contribution in [3.63, 3.8) is 0 Å². The number of thiocarbonyl (C=S) groups is 1. The van der Waals surface area contributed by atoms with Crippen LogP contribution in [0.2, 0.25) is 0 Å². The van der Waals surface area contributed by atoms with Crippen LogP contribution in [0.1, 0.15) is 11.1 Å². The molecular formula is C16H11FN2OS2. The first kappa shape index (κ1) is 14.9. The summed E-state index contributed by atoms with van der Waals surface area (Å²) in [4.78, 5) is 18.5. The summed E-state index contributed by atoms with van der Waals surface area (Å²) < 4.78 is 13.8. The SMILES string of the molecule is Cc1cc(C=C2SC(=S)N(c3cccnc3)C2=O)ccc1F. The van der Waals surface area contributed by atoms with Crippen molar-refractivity contribution in [1.29, 1.82) is 0 Å². The topological polar surface area (TPSA) is 33.2 Å². The van der Waals surface area contributed by atoms with E-state index in [1.807, 2.05) is 0 Å². The lowest BCUT2D eigenvalue weighted by Crippen LogP contribution is -2.27. The van der Waals surface area contributed by atoms with Crippen molar-refractivity contribution in [2.45, 2.75) is 6.92 Å². The van der Waals surface area contributed by atoms with Crippen LogP contribution in [0.3, 0.4) is 0 Å². The lowest BCUT2D eigenvalue weighted by Gasteiger charge is -2.13. The van der Waals surface area contributed by atoms with Crippen molar-refractivity contribution in [3.8, 4) is 0 Å². The Labute approximate surface area is 136 Å². The van der Waals surface area contributed by atoms with E-state index < -0.39 is 0 Å². The average Bonchev–Trinajstić information content (AvgIpc) is 2.78. The minimum Gasteiger partial charge on any atom is -0.268 e. The van der Waals surface area contributed by atoms with Crippen LogP contribution in [0.4, 0.5) is 10.1 Å². The fraction of sp³-hybridized carbons (Fsp3) is 0.0625. The summed E-state index contributed by atoms with van der Waals surface area (Å²) in [5.74, 6) is -0.454. The molecular weight excluding hydrogens is 319 g/mol. The Morgan fingerprint density at radius 2 is 2.18 bits per heavy atom. The third kappa shape index (κ3) is 2.80. The molecule has 0 aliphatic carbocycles. The van der Waals surface area contributed by atoms with Crippen molar-refractivity contribution < 1.29 is 9.18 Å². The summed E-state index contributed by atoms with van der Waals surface area (Å²) in [5.41, 5.74) is 1.95. The van der Waals surface area contributed by atoms with E-state index in [9.17, 15) is 9.18 Å². The number of rotatable bonds is 2. The quantitative estimate of drug-likeness (QED) is 0.617. The van der Waals surface area contributed by atoms with Gasteiger partial charge in [0.05, 0.1) is 16.8 Å². The van der Waals surface area contributed by atoms with E-state index in [4.69, 9.17) is 12.2 Å². The number of aryl methyl sites for hydroxylation is 1. The van der Waals surface area contributed by atoms with E-state index in [0.717, 1.165) is 5.56 Å². The molecule has 110 valence electrons. The van der Waals surface area contributed by atoms with Crippen molar-refractivity contribution in [2.75, 3.05) is 4.90 Å². The Bertz CT molecular complexity index is 790. The van der Waals surface area contributed by atoms with Gasteiger partial charge in [-0.15, -0.1) is 0 Å². The summed E-state index contributed by atoms with van der Waals surface area (Å²) in [6.45, 7) is 1.69. The predicted octanol–water partition coefficient (Wildman–Crippen LogP) is 3.93. The summed E-state index contributed by atoms with van der Waals surface area (Å²) in [5, 5.41) is 0. The molecule has 1 aromatic carbocycles. The number of halogens is 1. The van der Waals surface area contributed by atoms with Gasteiger partial charge in [0.25, 0.3) is 5.91 Å². The van der Waals surface area contributed by atoms with Crippen LogP contribution in [0.25, 0.3) is 6.08 Å². The van der Waals surface area contributed by atoms with Crippen LogP contribution in [0, 0.1) is 12.7 Å². The van der Waals surface area contributed by atoms with Crippen molar-refractivity contribution >= 4 is 46.0 Å². The molecule has 0 spiro atoms. The second-order valence-corrected chi connectivity index (χ2v) is 6.41. The van der Waals surface area contributed by atoms with Gasteiger partial charge in [-0.25, -0.2) is 4.39 Å². The molecule has 1 aliphatic rings. The van der Waals surface area contributed by atoms with E-state index in [-0.39, 0.29) is 11.7 Å². The fourth-order valence-electron chi connectivity index (χ4n) is 2.09. The molecule has 0 bridgehead atoms. The monoisotopic (exact) mass is 330 g/mol. The molecule has 0 unspecified atom stereocenters. The van der Waals surface area contributed by atoms with Gasteiger partial charge in [0.15, 0.2) is 4.32 Å². The molecule has 1 fully saturated rings. The molecule has 0 atom stereocenters. The average molecular weight is 330 g/mol. The number of aromatic nitrogens is 1. The Kier molecular flexibility index (Phi) is 4.04. The second-order valence-electron chi connectivity index (χ2n) is 4.74. The van der Waals surface area contributed by atoms with Gasteiger partial charge in [-0.3, -0.25) is 14.7 Å². The molecule has 6 heteroatoms. The zero-order valence-corrected chi connectivity index (χ0v) is 13.2. The number of pyridine rings is 1. The highest BCUT2D eigenvalue weighted by Crippen LogP contribution is 2.35. The molecule has 0 saturated carbocycles. The Morgan fingerprint density at radius 1 is 1.36 bits per heavy atom. The number of hydrogen-bond donors (Lipinski definition) is 0. The molecule has 1 saturated heterocycles. The molecule has 1 aliphatic heterocycles. The van der Waals surface area contributed by atoms with E-state index in [1.54, 1.807) is 49.7 Å². The molecule has 1 aromatic heterocycles. The number of anilines is 1. The lowest BCUT2D eigenvalue weighted by atomic mass is 10.1. The molecule has 2 heterocycles. The van der Waals surface area contributed by atoms with Gasteiger partial charge in [-0.1, -0.05) is 30.0 Å². The van der Waals surface area contributed by atoms with Crippen molar-refractivity contribution in [2.24, 2.45) is 0 Å². The fourth-order valence-corrected chi connectivity index (χ4v) is 3.38. The largest absolute Gasteiger partial charge is 0.270 e. The molecule has 0 N–H and O–H groups in total. The van der Waals surface area contributed by atoms with Gasteiger partial charge in [0.1, 0.15) is 5.82 Å². The highest BCUT2D eigenvalue weighted by molar-refractivity contribution is 8.27. The first-order chi connectivity index (χ1) is 10.6. The maximum atomic E-state index is 13.3. The van der Waals surface area contributed by atoms with Crippen LogP contribution in [0.15, 0.2) is 47.6 Å². The van der Waals surface area contributed by atoms with Crippen molar-refractivity contribution in [1.82, 2.24) is 4.98 Å². The Hall–Kier alpha value is -2.05. The zero-order chi connectivity index (χ0) is 15.7. The van der Waals surface area contributed by atoms with Crippen LogP contribution in [-0.4, -0.2) is 15.2 Å². The zero-order valence-electron chi connectivity index (χ0n) is 11.6. The van der Waals surface area contributed by atoms with Gasteiger partial charge in [0, 0.05) is 6.20 Å². The maximum absolute atomic E-state index is 13.3. The maximum Gasteiger partial charge on any atom is 0.270 e. The van der Waals surface area contributed by atoms with Crippen LogP contribution in [0.5, 0.6) is 0 Å². The van der Waals surface area contributed by atoms with Gasteiger partial charge in [-0.2, -0.15) is 0 Å². The number of carbonyl (C=O) groups is 1. The van der Waals surface area contributed by atoms with Gasteiger partial charge < -0.3 is 0 Å². The normalized spacial score (nSPS) is 16.6.